The molecule has 0 radical (unpaired) electrons. The van der Waals surface area contributed by atoms with Crippen molar-refractivity contribution < 1.29 is 14.0 Å². The summed E-state index contributed by atoms with van der Waals surface area (Å²) >= 11 is 0. The van der Waals surface area contributed by atoms with Gasteiger partial charge in [-0.2, -0.15) is 0 Å². The van der Waals surface area contributed by atoms with Gasteiger partial charge in [0.25, 0.3) is 0 Å². The van der Waals surface area contributed by atoms with E-state index < -0.39 is 0 Å². The van der Waals surface area contributed by atoms with Crippen LogP contribution < -0.4 is 0 Å². The van der Waals surface area contributed by atoms with Crippen LogP contribution in [0.4, 0.5) is 0 Å². The van der Waals surface area contributed by atoms with Crippen LogP contribution in [0.5, 0.6) is 0 Å². The van der Waals surface area contributed by atoms with Crippen molar-refractivity contribution in [1.82, 2.24) is 9.88 Å². The van der Waals surface area contributed by atoms with E-state index in [0.717, 1.165) is 16.3 Å². The third-order valence-corrected chi connectivity index (χ3v) is 4.80. The average Bonchev–Trinajstić information content (AvgIpc) is 3.10. The Balaban J connectivity index is 1.62. The van der Waals surface area contributed by atoms with E-state index in [2.05, 4.69) is 9.98 Å². The van der Waals surface area contributed by atoms with Gasteiger partial charge in [-0.05, 0) is 30.4 Å². The summed E-state index contributed by atoms with van der Waals surface area (Å²) in [6.07, 6.45) is 0.404. The Labute approximate surface area is 162 Å². The Bertz CT molecular complexity index is 1090. The number of fused-ring (bicyclic) bond motifs is 2. The number of nitrogens with zero attached hydrogens (tertiary/aromatic N) is 3. The number of rotatable bonds is 5. The highest BCUT2D eigenvalue weighted by molar-refractivity contribution is 6.51. The van der Waals surface area contributed by atoms with Crippen LogP contribution in [0.3, 0.4) is 0 Å². The van der Waals surface area contributed by atoms with E-state index in [4.69, 9.17) is 4.42 Å². The molecule has 0 atom stereocenters. The van der Waals surface area contributed by atoms with Crippen molar-refractivity contribution in [2.75, 3.05) is 27.2 Å². The first-order valence-electron chi connectivity index (χ1n) is 9.25. The minimum atomic E-state index is -0.329. The molecule has 0 aliphatic heterocycles. The Morgan fingerprint density at radius 1 is 1.11 bits per heavy atom. The number of aliphatic imine (C=N–C) groups is 1. The van der Waals surface area contributed by atoms with Crippen molar-refractivity contribution in [3.8, 4) is 0 Å². The zero-order valence-electron chi connectivity index (χ0n) is 15.9. The number of oxazole rings is 1. The molecule has 1 aliphatic carbocycles. The maximum atomic E-state index is 12.7. The van der Waals surface area contributed by atoms with E-state index >= 15 is 0 Å². The SMILES string of the molecule is CN(C)CCN=C1CC(=O)c2nc(Cc3cccc4ccccc34)oc2C1=O. The van der Waals surface area contributed by atoms with Crippen LogP contribution in [-0.2, 0) is 6.42 Å². The standard InChI is InChI=1S/C22H21N3O3/c1-25(2)11-10-23-17-13-18(26)20-22(21(17)27)28-19(24-20)12-15-8-5-7-14-6-3-4-9-16(14)15/h3-9H,10-13H2,1-2H3. The molecule has 1 aromatic heterocycles. The second-order valence-electron chi connectivity index (χ2n) is 7.16. The lowest BCUT2D eigenvalue weighted by molar-refractivity contribution is 0.0949. The predicted molar refractivity (Wildman–Crippen MR) is 107 cm³/mol. The van der Waals surface area contributed by atoms with Gasteiger partial charge >= 0.3 is 0 Å². The molecule has 6 heteroatoms. The fraction of sp³-hybridized carbons (Fsp3) is 0.273. The molecule has 0 saturated heterocycles. The van der Waals surface area contributed by atoms with Gasteiger partial charge in [-0.15, -0.1) is 0 Å². The minimum absolute atomic E-state index is 0.0144. The second-order valence-corrected chi connectivity index (χ2v) is 7.16. The fourth-order valence-corrected chi connectivity index (χ4v) is 3.35. The van der Waals surface area contributed by atoms with Crippen LogP contribution in [0, 0.1) is 0 Å². The van der Waals surface area contributed by atoms with E-state index in [0.29, 0.717) is 25.4 Å². The van der Waals surface area contributed by atoms with Gasteiger partial charge in [-0.25, -0.2) is 4.98 Å². The number of hydrogen-bond acceptors (Lipinski definition) is 6. The van der Waals surface area contributed by atoms with Crippen molar-refractivity contribution in [2.45, 2.75) is 12.8 Å². The molecular formula is C22H21N3O3. The second kappa shape index (κ2) is 7.48. The smallest absolute Gasteiger partial charge is 0.244 e. The number of carbonyl (C=O) groups excluding carboxylic acids is 2. The lowest BCUT2D eigenvalue weighted by atomic mass is 9.97. The molecule has 0 amide bonds. The fourth-order valence-electron chi connectivity index (χ4n) is 3.35. The van der Waals surface area contributed by atoms with Crippen LogP contribution in [0.1, 0.15) is 38.9 Å². The Hall–Kier alpha value is -3.12. The van der Waals surface area contributed by atoms with Crippen LogP contribution in [0.2, 0.25) is 0 Å². The number of aromatic nitrogens is 1. The first-order chi connectivity index (χ1) is 13.5. The van der Waals surface area contributed by atoms with E-state index in [1.54, 1.807) is 0 Å². The molecule has 0 bridgehead atoms. The summed E-state index contributed by atoms with van der Waals surface area (Å²) in [6, 6.07) is 14.1. The lowest BCUT2D eigenvalue weighted by Crippen LogP contribution is -2.27. The number of likely N-dealkylation sites (N-methyl/N-ethyl adjacent to an activating group) is 1. The van der Waals surface area contributed by atoms with Crippen LogP contribution in [0.15, 0.2) is 51.9 Å². The summed E-state index contributed by atoms with van der Waals surface area (Å²) < 4.78 is 5.73. The highest BCUT2D eigenvalue weighted by Crippen LogP contribution is 2.25. The molecule has 4 rings (SSSR count). The van der Waals surface area contributed by atoms with Gasteiger partial charge in [0.15, 0.2) is 17.4 Å². The monoisotopic (exact) mass is 375 g/mol. The van der Waals surface area contributed by atoms with E-state index in [1.807, 2.05) is 61.5 Å². The molecular weight excluding hydrogens is 354 g/mol. The molecule has 28 heavy (non-hydrogen) atoms. The highest BCUT2D eigenvalue weighted by atomic mass is 16.4. The average molecular weight is 375 g/mol. The molecule has 142 valence electrons. The third kappa shape index (κ3) is 3.51. The summed E-state index contributed by atoms with van der Waals surface area (Å²) in [5.41, 5.74) is 1.43. The number of hydrogen-bond donors (Lipinski definition) is 0. The zero-order valence-corrected chi connectivity index (χ0v) is 15.9. The largest absolute Gasteiger partial charge is 0.436 e. The lowest BCUT2D eigenvalue weighted by Gasteiger charge is -2.11. The summed E-state index contributed by atoms with van der Waals surface area (Å²) in [7, 11) is 3.87. The van der Waals surface area contributed by atoms with Crippen molar-refractivity contribution >= 4 is 28.1 Å². The van der Waals surface area contributed by atoms with Crippen molar-refractivity contribution in [3.05, 3.63) is 65.4 Å². The number of ketones is 2. The summed E-state index contributed by atoms with van der Waals surface area (Å²) in [4.78, 5) is 35.7. The molecule has 0 saturated carbocycles. The molecule has 2 aromatic carbocycles. The molecule has 0 N–H and O–H groups in total. The summed E-state index contributed by atoms with van der Waals surface area (Å²) in [5.74, 6) is -0.149. The van der Waals surface area contributed by atoms with Gasteiger partial charge < -0.3 is 9.32 Å². The normalized spacial score (nSPS) is 15.6. The van der Waals surface area contributed by atoms with Crippen LogP contribution in [0.25, 0.3) is 10.8 Å². The first kappa shape index (κ1) is 18.3. The molecule has 3 aromatic rings. The number of Topliss-reactive ketones (excluding diaryl/α,β-unsaturated/α-hetero) is 2. The Morgan fingerprint density at radius 2 is 1.89 bits per heavy atom. The maximum Gasteiger partial charge on any atom is 0.244 e. The Kier molecular flexibility index (Phi) is 4.88. The molecule has 1 heterocycles. The van der Waals surface area contributed by atoms with Gasteiger partial charge in [0.2, 0.25) is 11.5 Å². The number of benzene rings is 2. The molecule has 0 fully saturated rings. The van der Waals surface area contributed by atoms with Crippen molar-refractivity contribution in [3.63, 3.8) is 0 Å². The summed E-state index contributed by atoms with van der Waals surface area (Å²) in [6.45, 7) is 1.17. The van der Waals surface area contributed by atoms with Gasteiger partial charge in [-0.1, -0.05) is 42.5 Å². The molecule has 0 spiro atoms. The zero-order chi connectivity index (χ0) is 19.7. The predicted octanol–water partition coefficient (Wildman–Crippen LogP) is 3.19. The van der Waals surface area contributed by atoms with E-state index in [1.165, 1.54) is 0 Å². The van der Waals surface area contributed by atoms with Gasteiger partial charge in [0.1, 0.15) is 0 Å². The quantitative estimate of drug-likeness (QED) is 0.685. The minimum Gasteiger partial charge on any atom is -0.436 e. The maximum absolute atomic E-state index is 12.7. The first-order valence-corrected chi connectivity index (χ1v) is 9.25. The van der Waals surface area contributed by atoms with Crippen molar-refractivity contribution in [1.29, 1.82) is 0 Å². The molecule has 1 aliphatic rings. The van der Waals surface area contributed by atoms with E-state index in [-0.39, 0.29) is 35.2 Å². The molecule has 0 unspecified atom stereocenters. The summed E-state index contributed by atoms with van der Waals surface area (Å²) in [5, 5.41) is 2.23. The number of carbonyl (C=O) groups is 2. The van der Waals surface area contributed by atoms with Gasteiger partial charge in [0.05, 0.1) is 25.1 Å². The van der Waals surface area contributed by atoms with E-state index in [9.17, 15) is 9.59 Å². The highest BCUT2D eigenvalue weighted by Gasteiger charge is 2.35. The van der Waals surface area contributed by atoms with Crippen LogP contribution in [-0.4, -0.2) is 54.3 Å². The Morgan fingerprint density at radius 3 is 2.71 bits per heavy atom. The third-order valence-electron chi connectivity index (χ3n) is 4.80. The topological polar surface area (TPSA) is 75.8 Å². The van der Waals surface area contributed by atoms with Gasteiger partial charge in [-0.3, -0.25) is 14.6 Å². The molecule has 6 nitrogen and oxygen atoms in total. The van der Waals surface area contributed by atoms with Crippen molar-refractivity contribution in [2.24, 2.45) is 4.99 Å². The van der Waals surface area contributed by atoms with Crippen LogP contribution >= 0.6 is 0 Å². The van der Waals surface area contributed by atoms with Gasteiger partial charge in [0, 0.05) is 6.54 Å².